The van der Waals surface area contributed by atoms with Crippen molar-refractivity contribution in [3.05, 3.63) is 28.8 Å². The van der Waals surface area contributed by atoms with Crippen LogP contribution in [0, 0.1) is 38.0 Å². The van der Waals surface area contributed by atoms with Gasteiger partial charge < -0.3 is 9.47 Å². The van der Waals surface area contributed by atoms with E-state index in [1.807, 2.05) is 32.9 Å². The zero-order chi connectivity index (χ0) is 19.9. The zero-order valence-corrected chi connectivity index (χ0v) is 18.2. The predicted molar refractivity (Wildman–Crippen MR) is 109 cm³/mol. The van der Waals surface area contributed by atoms with Crippen LogP contribution in [0.25, 0.3) is 0 Å². The molecule has 0 amide bonds. The molecule has 156 valence electrons. The number of hydrogen-bond acceptors (Lipinski definition) is 4. The maximum atomic E-state index is 13.6. The smallest absolute Gasteiger partial charge is 0.243 e. The van der Waals surface area contributed by atoms with Crippen molar-refractivity contribution >= 4 is 10.0 Å². The Labute approximate surface area is 169 Å². The van der Waals surface area contributed by atoms with E-state index < -0.39 is 10.0 Å². The largest absolute Gasteiger partial charge is 0.381 e. The van der Waals surface area contributed by atoms with Crippen LogP contribution in [-0.2, 0) is 19.5 Å². The van der Waals surface area contributed by atoms with E-state index >= 15 is 0 Å². The van der Waals surface area contributed by atoms with Gasteiger partial charge in [-0.1, -0.05) is 17.7 Å². The molecule has 2 saturated heterocycles. The lowest BCUT2D eigenvalue weighted by molar-refractivity contribution is -0.0241. The van der Waals surface area contributed by atoms with Crippen molar-refractivity contribution in [2.75, 3.05) is 39.5 Å². The summed E-state index contributed by atoms with van der Waals surface area (Å²) >= 11 is 0. The quantitative estimate of drug-likeness (QED) is 0.725. The fourth-order valence-electron chi connectivity index (χ4n) is 5.11. The second kappa shape index (κ2) is 7.71. The third kappa shape index (κ3) is 3.89. The Morgan fingerprint density at radius 1 is 1.11 bits per heavy atom. The summed E-state index contributed by atoms with van der Waals surface area (Å²) in [6.45, 7) is 9.89. The molecule has 1 saturated carbocycles. The van der Waals surface area contributed by atoms with Gasteiger partial charge in [0.15, 0.2) is 0 Å². The fourth-order valence-corrected chi connectivity index (χ4v) is 7.10. The standard InChI is InChI=1S/C22H33NO4S/c1-16-10-17(2)21(18(3)11-16)28(24,25)23-12-20(14-27-13-19-4-5-19)22(15-23)6-8-26-9-7-22/h10-11,19-20H,4-9,12-15H2,1-3H3. The van der Waals surface area contributed by atoms with Gasteiger partial charge in [0.25, 0.3) is 0 Å². The minimum atomic E-state index is -3.52. The van der Waals surface area contributed by atoms with Crippen molar-refractivity contribution < 1.29 is 17.9 Å². The predicted octanol–water partition coefficient (Wildman–Crippen LogP) is 3.46. The van der Waals surface area contributed by atoms with Crippen LogP contribution in [0.5, 0.6) is 0 Å². The first-order valence-electron chi connectivity index (χ1n) is 10.6. The average Bonchev–Trinajstić information content (AvgIpc) is 3.37. The highest BCUT2D eigenvalue weighted by molar-refractivity contribution is 7.89. The van der Waals surface area contributed by atoms with Crippen LogP contribution in [0.15, 0.2) is 17.0 Å². The molecular weight excluding hydrogens is 374 g/mol. The molecule has 2 heterocycles. The van der Waals surface area contributed by atoms with E-state index in [0.717, 1.165) is 55.3 Å². The fraction of sp³-hybridized carbons (Fsp3) is 0.727. The molecule has 1 unspecified atom stereocenters. The van der Waals surface area contributed by atoms with Crippen LogP contribution in [0.2, 0.25) is 0 Å². The summed E-state index contributed by atoms with van der Waals surface area (Å²) in [7, 11) is -3.52. The van der Waals surface area contributed by atoms with Gasteiger partial charge in [-0.05, 0) is 68.9 Å². The van der Waals surface area contributed by atoms with Gasteiger partial charge in [-0.2, -0.15) is 4.31 Å². The molecular formula is C22H33NO4S. The summed E-state index contributed by atoms with van der Waals surface area (Å²) in [6, 6.07) is 3.94. The van der Waals surface area contributed by atoms with Gasteiger partial charge in [0.05, 0.1) is 11.5 Å². The van der Waals surface area contributed by atoms with E-state index in [-0.39, 0.29) is 11.3 Å². The van der Waals surface area contributed by atoms with Crippen LogP contribution in [-0.4, -0.2) is 52.2 Å². The van der Waals surface area contributed by atoms with Gasteiger partial charge in [-0.25, -0.2) is 8.42 Å². The third-order valence-electron chi connectivity index (χ3n) is 6.84. The number of benzene rings is 1. The Hall–Kier alpha value is -0.950. The summed E-state index contributed by atoms with van der Waals surface area (Å²) in [6.07, 6.45) is 4.39. The van der Waals surface area contributed by atoms with Gasteiger partial charge in [0.1, 0.15) is 0 Å². The molecule has 5 nitrogen and oxygen atoms in total. The number of sulfonamides is 1. The average molecular weight is 408 g/mol. The van der Waals surface area contributed by atoms with Crippen LogP contribution < -0.4 is 0 Å². The summed E-state index contributed by atoms with van der Waals surface area (Å²) in [5.74, 6) is 0.973. The van der Waals surface area contributed by atoms with Crippen molar-refractivity contribution in [1.82, 2.24) is 4.31 Å². The molecule has 1 atom stereocenters. The van der Waals surface area contributed by atoms with Crippen molar-refractivity contribution in [1.29, 1.82) is 0 Å². The zero-order valence-electron chi connectivity index (χ0n) is 17.4. The number of rotatable bonds is 6. The number of hydrogen-bond donors (Lipinski definition) is 0. The molecule has 0 aromatic heterocycles. The van der Waals surface area contributed by atoms with E-state index in [0.29, 0.717) is 24.6 Å². The van der Waals surface area contributed by atoms with E-state index in [4.69, 9.17) is 9.47 Å². The first-order chi connectivity index (χ1) is 13.3. The first kappa shape index (κ1) is 20.3. The third-order valence-corrected chi connectivity index (χ3v) is 8.96. The van der Waals surface area contributed by atoms with Crippen molar-refractivity contribution in [2.24, 2.45) is 17.3 Å². The summed E-state index contributed by atoms with van der Waals surface area (Å²) in [5.41, 5.74) is 2.77. The number of ether oxygens (including phenoxy) is 2. The topological polar surface area (TPSA) is 55.8 Å². The minimum Gasteiger partial charge on any atom is -0.381 e. The van der Waals surface area contributed by atoms with Crippen molar-refractivity contribution in [3.8, 4) is 0 Å². The second-order valence-corrected chi connectivity index (χ2v) is 11.1. The van der Waals surface area contributed by atoms with Gasteiger partial charge in [0, 0.05) is 38.8 Å². The minimum absolute atomic E-state index is 0.0125. The molecule has 3 fully saturated rings. The van der Waals surface area contributed by atoms with Crippen LogP contribution in [0.3, 0.4) is 0 Å². The van der Waals surface area contributed by atoms with Gasteiger partial charge >= 0.3 is 0 Å². The van der Waals surface area contributed by atoms with Gasteiger partial charge in [-0.3, -0.25) is 0 Å². The van der Waals surface area contributed by atoms with E-state index in [9.17, 15) is 8.42 Å². The van der Waals surface area contributed by atoms with E-state index in [2.05, 4.69) is 0 Å². The molecule has 1 aliphatic carbocycles. The molecule has 6 heteroatoms. The van der Waals surface area contributed by atoms with Crippen molar-refractivity contribution in [3.63, 3.8) is 0 Å². The lowest BCUT2D eigenvalue weighted by Gasteiger charge is -2.38. The van der Waals surface area contributed by atoms with Gasteiger partial charge in [0.2, 0.25) is 10.0 Å². The van der Waals surface area contributed by atoms with Crippen LogP contribution in [0.4, 0.5) is 0 Å². The Kier molecular flexibility index (Phi) is 5.60. The Bertz CT molecular complexity index is 802. The van der Waals surface area contributed by atoms with Crippen molar-refractivity contribution in [2.45, 2.75) is 51.3 Å². The summed E-state index contributed by atoms with van der Waals surface area (Å²) < 4.78 is 40.6. The summed E-state index contributed by atoms with van der Waals surface area (Å²) in [4.78, 5) is 0.486. The molecule has 1 aromatic carbocycles. The van der Waals surface area contributed by atoms with E-state index in [1.54, 1.807) is 4.31 Å². The lowest BCUT2D eigenvalue weighted by atomic mass is 9.72. The normalized spacial score (nSPS) is 25.5. The molecule has 0 N–H and O–H groups in total. The molecule has 2 aliphatic heterocycles. The molecule has 0 bridgehead atoms. The molecule has 4 rings (SSSR count). The highest BCUT2D eigenvalue weighted by atomic mass is 32.2. The highest BCUT2D eigenvalue weighted by Crippen LogP contribution is 2.46. The summed E-state index contributed by atoms with van der Waals surface area (Å²) in [5, 5.41) is 0. The Balaban J connectivity index is 1.58. The first-order valence-corrected chi connectivity index (χ1v) is 12.0. The van der Waals surface area contributed by atoms with Gasteiger partial charge in [-0.15, -0.1) is 0 Å². The highest BCUT2D eigenvalue weighted by Gasteiger charge is 2.51. The molecule has 0 radical (unpaired) electrons. The lowest BCUT2D eigenvalue weighted by Crippen LogP contribution is -2.39. The monoisotopic (exact) mass is 407 g/mol. The molecule has 1 aromatic rings. The SMILES string of the molecule is Cc1cc(C)c(S(=O)(=O)N2CC(COCC3CC3)C3(CCOCC3)C2)c(C)c1. The molecule has 1 spiro atoms. The maximum Gasteiger partial charge on any atom is 0.243 e. The second-order valence-electron chi connectivity index (χ2n) is 9.18. The van der Waals surface area contributed by atoms with Crippen LogP contribution >= 0.6 is 0 Å². The molecule has 28 heavy (non-hydrogen) atoms. The van der Waals surface area contributed by atoms with E-state index in [1.165, 1.54) is 12.8 Å². The van der Waals surface area contributed by atoms with Crippen LogP contribution in [0.1, 0.15) is 42.4 Å². The number of nitrogens with zero attached hydrogens (tertiary/aromatic N) is 1. The number of aryl methyl sites for hydroxylation is 3. The Morgan fingerprint density at radius 2 is 1.75 bits per heavy atom. The molecule has 3 aliphatic rings. The Morgan fingerprint density at radius 3 is 2.36 bits per heavy atom. The maximum absolute atomic E-state index is 13.6.